The minimum absolute atomic E-state index is 0.256. The van der Waals surface area contributed by atoms with Gasteiger partial charge in [0, 0.05) is 32.5 Å². The largest absolute Gasteiger partial charge is 0.391 e. The number of β-amino-alcohol motifs (C(OH)–C–C–N with tert-alkyl or cyclic N) is 1. The van der Waals surface area contributed by atoms with Crippen LogP contribution in [0.4, 0.5) is 8.78 Å². The highest BCUT2D eigenvalue weighted by atomic mass is 19.2. The molecule has 3 nitrogen and oxygen atoms in total. The molecule has 0 radical (unpaired) electrons. The standard InChI is InChI=1S/C14H17F2NO2/c15-13-2-1-10(8-14(13)16)7-12(19)9-17-5-3-11(18)4-6-17/h1-2,8,12,19H,3-7,9H2. The third-order valence-electron chi connectivity index (χ3n) is 3.34. The van der Waals surface area contributed by atoms with Gasteiger partial charge in [0.1, 0.15) is 5.78 Å². The lowest BCUT2D eigenvalue weighted by molar-refractivity contribution is -0.121. The zero-order chi connectivity index (χ0) is 13.8. The summed E-state index contributed by atoms with van der Waals surface area (Å²) >= 11 is 0. The average molecular weight is 269 g/mol. The summed E-state index contributed by atoms with van der Waals surface area (Å²) in [6.45, 7) is 1.77. The van der Waals surface area contributed by atoms with Crippen molar-refractivity contribution >= 4 is 5.78 Å². The van der Waals surface area contributed by atoms with Crippen LogP contribution in [0.2, 0.25) is 0 Å². The summed E-state index contributed by atoms with van der Waals surface area (Å²) in [6.07, 6.45) is 0.690. The summed E-state index contributed by atoms with van der Waals surface area (Å²) < 4.78 is 25.8. The lowest BCUT2D eigenvalue weighted by atomic mass is 10.1. The van der Waals surface area contributed by atoms with Crippen LogP contribution >= 0.6 is 0 Å². The van der Waals surface area contributed by atoms with Gasteiger partial charge >= 0.3 is 0 Å². The van der Waals surface area contributed by atoms with Gasteiger partial charge in [0.15, 0.2) is 11.6 Å². The van der Waals surface area contributed by atoms with Crippen LogP contribution in [0.15, 0.2) is 18.2 Å². The second-order valence-corrected chi connectivity index (χ2v) is 4.95. The van der Waals surface area contributed by atoms with Crippen molar-refractivity contribution in [1.29, 1.82) is 0 Å². The van der Waals surface area contributed by atoms with Gasteiger partial charge in [-0.2, -0.15) is 0 Å². The number of benzene rings is 1. The molecular weight excluding hydrogens is 252 g/mol. The first-order valence-corrected chi connectivity index (χ1v) is 6.40. The van der Waals surface area contributed by atoms with Gasteiger partial charge in [-0.3, -0.25) is 9.69 Å². The smallest absolute Gasteiger partial charge is 0.159 e. The molecule has 1 N–H and O–H groups in total. The predicted molar refractivity (Wildman–Crippen MR) is 66.7 cm³/mol. The van der Waals surface area contributed by atoms with E-state index in [1.807, 2.05) is 4.90 Å². The number of hydrogen-bond acceptors (Lipinski definition) is 3. The monoisotopic (exact) mass is 269 g/mol. The molecule has 0 spiro atoms. The quantitative estimate of drug-likeness (QED) is 0.901. The van der Waals surface area contributed by atoms with Crippen molar-refractivity contribution in [3.8, 4) is 0 Å². The summed E-state index contributed by atoms with van der Waals surface area (Å²) in [7, 11) is 0. The van der Waals surface area contributed by atoms with E-state index in [0.29, 0.717) is 38.0 Å². The number of likely N-dealkylation sites (tertiary alicyclic amines) is 1. The first kappa shape index (κ1) is 14.1. The van der Waals surface area contributed by atoms with E-state index in [1.165, 1.54) is 6.07 Å². The van der Waals surface area contributed by atoms with Gasteiger partial charge in [-0.1, -0.05) is 6.07 Å². The number of aliphatic hydroxyl groups excluding tert-OH is 1. The Morgan fingerprint density at radius 1 is 1.21 bits per heavy atom. The molecule has 1 saturated heterocycles. The Balaban J connectivity index is 1.85. The van der Waals surface area contributed by atoms with Crippen molar-refractivity contribution in [2.45, 2.75) is 25.4 Å². The topological polar surface area (TPSA) is 40.5 Å². The fourth-order valence-corrected chi connectivity index (χ4v) is 2.29. The lowest BCUT2D eigenvalue weighted by Gasteiger charge is -2.27. The number of Topliss-reactive ketones (excluding diaryl/α,β-unsaturated/α-hetero) is 1. The summed E-state index contributed by atoms with van der Waals surface area (Å²) in [5.74, 6) is -1.52. The maximum absolute atomic E-state index is 13.0. The van der Waals surface area contributed by atoms with Gasteiger partial charge < -0.3 is 5.11 Å². The number of piperidine rings is 1. The highest BCUT2D eigenvalue weighted by Crippen LogP contribution is 2.12. The molecule has 1 aromatic rings. The van der Waals surface area contributed by atoms with E-state index in [4.69, 9.17) is 0 Å². The third kappa shape index (κ3) is 4.08. The van der Waals surface area contributed by atoms with E-state index in [1.54, 1.807) is 0 Å². The van der Waals surface area contributed by atoms with Crippen LogP contribution < -0.4 is 0 Å². The van der Waals surface area contributed by atoms with Crippen molar-refractivity contribution in [2.24, 2.45) is 0 Å². The number of halogens is 2. The van der Waals surface area contributed by atoms with Crippen LogP contribution in [0, 0.1) is 11.6 Å². The van der Waals surface area contributed by atoms with Gasteiger partial charge in [0.25, 0.3) is 0 Å². The zero-order valence-electron chi connectivity index (χ0n) is 10.6. The molecule has 19 heavy (non-hydrogen) atoms. The predicted octanol–water partition coefficient (Wildman–Crippen LogP) is 1.53. The van der Waals surface area contributed by atoms with Crippen molar-refractivity contribution in [1.82, 2.24) is 4.90 Å². The molecule has 1 aliphatic rings. The minimum Gasteiger partial charge on any atom is -0.391 e. The van der Waals surface area contributed by atoms with Gasteiger partial charge in [-0.25, -0.2) is 8.78 Å². The number of aliphatic hydroxyl groups is 1. The van der Waals surface area contributed by atoms with Crippen molar-refractivity contribution in [3.63, 3.8) is 0 Å². The fraction of sp³-hybridized carbons (Fsp3) is 0.500. The Morgan fingerprint density at radius 2 is 1.89 bits per heavy atom. The normalized spacial score (nSPS) is 18.6. The van der Waals surface area contributed by atoms with Crippen LogP contribution in [0.1, 0.15) is 18.4 Å². The SMILES string of the molecule is O=C1CCN(CC(O)Cc2ccc(F)c(F)c2)CC1. The van der Waals surface area contributed by atoms with Crippen LogP contribution in [0.3, 0.4) is 0 Å². The molecule has 0 bridgehead atoms. The molecule has 0 aliphatic carbocycles. The van der Waals surface area contributed by atoms with Crippen LogP contribution in [-0.2, 0) is 11.2 Å². The first-order valence-electron chi connectivity index (χ1n) is 6.40. The Kier molecular flexibility index (Phi) is 4.61. The third-order valence-corrected chi connectivity index (χ3v) is 3.34. The number of hydrogen-bond donors (Lipinski definition) is 1. The van der Waals surface area contributed by atoms with E-state index in [-0.39, 0.29) is 12.2 Å². The zero-order valence-corrected chi connectivity index (χ0v) is 10.6. The molecule has 1 aromatic carbocycles. The van der Waals surface area contributed by atoms with Gasteiger partial charge in [0.05, 0.1) is 6.10 Å². The van der Waals surface area contributed by atoms with Crippen molar-refractivity contribution in [2.75, 3.05) is 19.6 Å². The molecular formula is C14H17F2NO2. The number of ketones is 1. The molecule has 1 atom stereocenters. The summed E-state index contributed by atoms with van der Waals surface area (Å²) in [5.41, 5.74) is 0.569. The van der Waals surface area contributed by atoms with Crippen molar-refractivity contribution in [3.05, 3.63) is 35.4 Å². The number of carbonyl (C=O) groups is 1. The molecule has 5 heteroatoms. The summed E-state index contributed by atoms with van der Waals surface area (Å²) in [6, 6.07) is 3.65. The molecule has 1 fully saturated rings. The van der Waals surface area contributed by atoms with Crippen LogP contribution in [0.25, 0.3) is 0 Å². The van der Waals surface area contributed by atoms with E-state index in [0.717, 1.165) is 12.1 Å². The highest BCUT2D eigenvalue weighted by Gasteiger charge is 2.19. The van der Waals surface area contributed by atoms with Gasteiger partial charge in [-0.05, 0) is 24.1 Å². The first-order chi connectivity index (χ1) is 9.04. The maximum Gasteiger partial charge on any atom is 0.159 e. The van der Waals surface area contributed by atoms with E-state index < -0.39 is 17.7 Å². The molecule has 1 unspecified atom stereocenters. The van der Waals surface area contributed by atoms with Crippen LogP contribution in [0.5, 0.6) is 0 Å². The number of rotatable bonds is 4. The van der Waals surface area contributed by atoms with Gasteiger partial charge in [0.2, 0.25) is 0 Å². The Morgan fingerprint density at radius 3 is 2.53 bits per heavy atom. The molecule has 0 amide bonds. The minimum atomic E-state index is -0.895. The summed E-state index contributed by atoms with van der Waals surface area (Å²) in [5, 5.41) is 9.94. The Hall–Kier alpha value is -1.33. The lowest BCUT2D eigenvalue weighted by Crippen LogP contribution is -2.39. The van der Waals surface area contributed by atoms with Crippen molar-refractivity contribution < 1.29 is 18.7 Å². The second-order valence-electron chi connectivity index (χ2n) is 4.95. The van der Waals surface area contributed by atoms with Gasteiger partial charge in [-0.15, -0.1) is 0 Å². The molecule has 1 heterocycles. The molecule has 1 aliphatic heterocycles. The molecule has 2 rings (SSSR count). The molecule has 104 valence electrons. The van der Waals surface area contributed by atoms with E-state index >= 15 is 0 Å². The second kappa shape index (κ2) is 6.21. The highest BCUT2D eigenvalue weighted by molar-refractivity contribution is 5.79. The van der Waals surface area contributed by atoms with Crippen LogP contribution in [-0.4, -0.2) is 41.5 Å². The number of carbonyl (C=O) groups excluding carboxylic acids is 1. The fourth-order valence-electron chi connectivity index (χ4n) is 2.29. The average Bonchev–Trinajstić information content (AvgIpc) is 2.37. The molecule has 0 saturated carbocycles. The summed E-state index contributed by atoms with van der Waals surface area (Å²) in [4.78, 5) is 13.1. The Bertz CT molecular complexity index is 455. The number of nitrogens with zero attached hydrogens (tertiary/aromatic N) is 1. The Labute approximate surface area is 110 Å². The maximum atomic E-state index is 13.0. The molecule has 0 aromatic heterocycles. The van der Waals surface area contributed by atoms with E-state index in [9.17, 15) is 18.7 Å². The van der Waals surface area contributed by atoms with E-state index in [2.05, 4.69) is 0 Å².